The van der Waals surface area contributed by atoms with Crippen molar-refractivity contribution < 1.29 is 18.9 Å². The molecule has 156 valence electrons. The van der Waals surface area contributed by atoms with Crippen molar-refractivity contribution in [1.82, 2.24) is 5.01 Å². The number of benzene rings is 3. The van der Waals surface area contributed by atoms with Crippen molar-refractivity contribution in [3.05, 3.63) is 81.8 Å². The lowest BCUT2D eigenvalue weighted by Crippen LogP contribution is -2.33. The van der Waals surface area contributed by atoms with Gasteiger partial charge in [-0.1, -0.05) is 28.1 Å². The third-order valence-electron chi connectivity index (χ3n) is 5.84. The van der Waals surface area contributed by atoms with Crippen LogP contribution in [-0.2, 0) is 0 Å². The maximum absolute atomic E-state index is 6.44. The fourth-order valence-electron chi connectivity index (χ4n) is 4.32. The van der Waals surface area contributed by atoms with Crippen LogP contribution in [0.4, 0.5) is 0 Å². The van der Waals surface area contributed by atoms with Crippen LogP contribution in [0.3, 0.4) is 0 Å². The summed E-state index contributed by atoms with van der Waals surface area (Å²) in [5.74, 6) is 3.19. The molecular formula is C24H19BrN2O4. The number of nitrogens with zero attached hydrogens (tertiary/aromatic N) is 2. The second-order valence-electron chi connectivity index (χ2n) is 7.64. The second kappa shape index (κ2) is 7.20. The van der Waals surface area contributed by atoms with Crippen LogP contribution in [-0.4, -0.2) is 24.6 Å². The van der Waals surface area contributed by atoms with Gasteiger partial charge in [0.1, 0.15) is 11.5 Å². The van der Waals surface area contributed by atoms with Gasteiger partial charge >= 0.3 is 0 Å². The van der Waals surface area contributed by atoms with Crippen molar-refractivity contribution in [2.75, 3.05) is 13.9 Å². The van der Waals surface area contributed by atoms with Gasteiger partial charge in [-0.25, -0.2) is 5.01 Å². The first kappa shape index (κ1) is 18.6. The van der Waals surface area contributed by atoms with E-state index in [9.17, 15) is 0 Å². The topological polar surface area (TPSA) is 52.5 Å². The highest BCUT2D eigenvalue weighted by Crippen LogP contribution is 2.48. The van der Waals surface area contributed by atoms with E-state index in [1.165, 1.54) is 0 Å². The quantitative estimate of drug-likeness (QED) is 0.502. The van der Waals surface area contributed by atoms with Crippen LogP contribution in [0.1, 0.15) is 35.4 Å². The molecule has 0 N–H and O–H groups in total. The van der Waals surface area contributed by atoms with Gasteiger partial charge in [-0.05, 0) is 48.5 Å². The van der Waals surface area contributed by atoms with Crippen LogP contribution in [0.15, 0.2) is 70.2 Å². The summed E-state index contributed by atoms with van der Waals surface area (Å²) >= 11 is 3.60. The lowest BCUT2D eigenvalue weighted by Gasteiger charge is -2.38. The maximum atomic E-state index is 6.44. The number of halogens is 1. The van der Waals surface area contributed by atoms with Crippen molar-refractivity contribution in [3.8, 4) is 23.0 Å². The van der Waals surface area contributed by atoms with Gasteiger partial charge in [-0.15, -0.1) is 0 Å². The van der Waals surface area contributed by atoms with E-state index in [4.69, 9.17) is 24.0 Å². The number of ether oxygens (including phenoxy) is 4. The minimum Gasteiger partial charge on any atom is -0.497 e. The summed E-state index contributed by atoms with van der Waals surface area (Å²) in [7, 11) is 1.67. The minimum atomic E-state index is -0.347. The molecule has 0 saturated carbocycles. The average Bonchev–Trinajstić information content (AvgIpc) is 3.45. The molecule has 3 heterocycles. The van der Waals surface area contributed by atoms with Gasteiger partial charge in [0.2, 0.25) is 13.0 Å². The molecule has 0 bridgehead atoms. The van der Waals surface area contributed by atoms with E-state index in [1.54, 1.807) is 7.11 Å². The Kier molecular flexibility index (Phi) is 4.31. The highest BCUT2D eigenvalue weighted by atomic mass is 79.9. The highest BCUT2D eigenvalue weighted by Gasteiger charge is 2.41. The molecule has 3 aromatic carbocycles. The van der Waals surface area contributed by atoms with Crippen LogP contribution in [0.2, 0.25) is 0 Å². The first-order valence-corrected chi connectivity index (χ1v) is 10.8. The lowest BCUT2D eigenvalue weighted by atomic mass is 9.95. The smallest absolute Gasteiger partial charge is 0.231 e. The number of methoxy groups -OCH3 is 1. The van der Waals surface area contributed by atoms with Crippen LogP contribution in [0, 0.1) is 0 Å². The molecule has 0 spiro atoms. The third-order valence-corrected chi connectivity index (χ3v) is 6.33. The van der Waals surface area contributed by atoms with Crippen molar-refractivity contribution in [1.29, 1.82) is 0 Å². The molecule has 0 aliphatic carbocycles. The van der Waals surface area contributed by atoms with E-state index in [-0.39, 0.29) is 19.1 Å². The van der Waals surface area contributed by atoms with Gasteiger partial charge in [-0.2, -0.15) is 5.10 Å². The Morgan fingerprint density at radius 1 is 1.00 bits per heavy atom. The van der Waals surface area contributed by atoms with Crippen molar-refractivity contribution in [2.45, 2.75) is 18.7 Å². The summed E-state index contributed by atoms with van der Waals surface area (Å²) < 4.78 is 23.9. The molecule has 3 aliphatic rings. The van der Waals surface area contributed by atoms with Crippen molar-refractivity contribution in [2.24, 2.45) is 5.10 Å². The van der Waals surface area contributed by atoms with E-state index in [0.29, 0.717) is 0 Å². The number of hydrazone groups is 1. The van der Waals surface area contributed by atoms with Crippen LogP contribution in [0.5, 0.6) is 23.0 Å². The summed E-state index contributed by atoms with van der Waals surface area (Å²) in [5.41, 5.74) is 4.13. The Bertz CT molecular complexity index is 1210. The van der Waals surface area contributed by atoms with Crippen LogP contribution >= 0.6 is 15.9 Å². The van der Waals surface area contributed by atoms with Crippen LogP contribution < -0.4 is 18.9 Å². The highest BCUT2D eigenvalue weighted by molar-refractivity contribution is 9.10. The van der Waals surface area contributed by atoms with Crippen LogP contribution in [0.25, 0.3) is 0 Å². The van der Waals surface area contributed by atoms with Gasteiger partial charge in [0.05, 0.1) is 18.9 Å². The summed E-state index contributed by atoms with van der Waals surface area (Å²) in [5, 5.41) is 7.08. The molecule has 2 atom stereocenters. The van der Waals surface area contributed by atoms with Crippen molar-refractivity contribution in [3.63, 3.8) is 0 Å². The molecule has 0 radical (unpaired) electrons. The Balaban J connectivity index is 1.44. The predicted octanol–water partition coefficient (Wildman–Crippen LogP) is 5.43. The summed E-state index contributed by atoms with van der Waals surface area (Å²) in [4.78, 5) is 0. The molecule has 0 saturated heterocycles. The number of hydrogen-bond donors (Lipinski definition) is 0. The number of rotatable bonds is 3. The van der Waals surface area contributed by atoms with Gasteiger partial charge in [0, 0.05) is 27.6 Å². The molecule has 0 unspecified atom stereocenters. The van der Waals surface area contributed by atoms with Gasteiger partial charge in [0.25, 0.3) is 0 Å². The molecule has 7 heteroatoms. The largest absolute Gasteiger partial charge is 0.497 e. The molecule has 3 aromatic rings. The molecule has 6 rings (SSSR count). The van der Waals surface area contributed by atoms with Crippen molar-refractivity contribution >= 4 is 21.6 Å². The predicted molar refractivity (Wildman–Crippen MR) is 119 cm³/mol. The fourth-order valence-corrected chi connectivity index (χ4v) is 4.70. The first-order chi connectivity index (χ1) is 15.2. The average molecular weight is 479 g/mol. The van der Waals surface area contributed by atoms with Gasteiger partial charge in [-0.3, -0.25) is 0 Å². The SMILES string of the molecule is COc1cccc([C@@H]2Oc3ccc(Br)cc3[C@@H]3CC(c4ccc5c(c4)OCO5)=NN32)c1. The zero-order valence-corrected chi connectivity index (χ0v) is 18.3. The van der Waals surface area contributed by atoms with Gasteiger partial charge < -0.3 is 18.9 Å². The lowest BCUT2D eigenvalue weighted by molar-refractivity contribution is -0.0191. The Labute approximate surface area is 188 Å². The maximum Gasteiger partial charge on any atom is 0.231 e. The minimum absolute atomic E-state index is 0.0675. The van der Waals surface area contributed by atoms with Gasteiger partial charge in [0.15, 0.2) is 11.5 Å². The monoisotopic (exact) mass is 478 g/mol. The summed E-state index contributed by atoms with van der Waals surface area (Å²) in [6, 6.07) is 20.1. The Morgan fingerprint density at radius 2 is 1.87 bits per heavy atom. The zero-order chi connectivity index (χ0) is 20.9. The fraction of sp³-hybridized carbons (Fsp3) is 0.208. The number of fused-ring (bicyclic) bond motifs is 4. The summed E-state index contributed by atoms with van der Waals surface area (Å²) in [6.45, 7) is 0.257. The second-order valence-corrected chi connectivity index (χ2v) is 8.56. The third kappa shape index (κ3) is 3.11. The normalized spacial score (nSPS) is 20.6. The molecule has 0 amide bonds. The molecule has 3 aliphatic heterocycles. The molecule has 6 nitrogen and oxygen atoms in total. The molecule has 0 fully saturated rings. The Morgan fingerprint density at radius 3 is 2.77 bits per heavy atom. The molecule has 0 aromatic heterocycles. The Hall–Kier alpha value is -3.19. The van der Waals surface area contributed by atoms with E-state index >= 15 is 0 Å². The van der Waals surface area contributed by atoms with E-state index in [2.05, 4.69) is 27.0 Å². The summed E-state index contributed by atoms with van der Waals surface area (Å²) in [6.07, 6.45) is 0.424. The van der Waals surface area contributed by atoms with E-state index in [1.807, 2.05) is 54.6 Å². The van der Waals surface area contributed by atoms with E-state index in [0.717, 1.165) is 56.3 Å². The first-order valence-electron chi connectivity index (χ1n) is 10.1. The zero-order valence-electron chi connectivity index (χ0n) is 16.7. The molecular weight excluding hydrogens is 460 g/mol. The van der Waals surface area contributed by atoms with E-state index < -0.39 is 0 Å². The standard InChI is InChI=1S/C24H19BrN2O4/c1-28-17-4-2-3-15(9-17)24-27-20(18-11-16(25)6-8-21(18)31-24)12-19(26-27)14-5-7-22-23(10-14)30-13-29-22/h2-11,20,24H,12-13H2,1H3/t20-,24-/m0/s1. The molecule has 31 heavy (non-hydrogen) atoms. The number of hydrogen-bond acceptors (Lipinski definition) is 6.